The van der Waals surface area contributed by atoms with Crippen molar-refractivity contribution >= 4 is 0 Å². The van der Waals surface area contributed by atoms with Gasteiger partial charge in [-0.25, -0.2) is 0 Å². The lowest BCUT2D eigenvalue weighted by atomic mass is 10.3. The fourth-order valence-electron chi connectivity index (χ4n) is 1.88. The molecule has 90 valence electrons. The maximum Gasteiger partial charge on any atom is 0.0826 e. The van der Waals surface area contributed by atoms with Gasteiger partial charge >= 0.3 is 0 Å². The molecule has 0 bridgehead atoms. The van der Waals surface area contributed by atoms with E-state index in [0.29, 0.717) is 6.10 Å². The number of ether oxygens (including phenoxy) is 1. The third-order valence-electron chi connectivity index (χ3n) is 2.79. The number of hydrogen-bond acceptors (Lipinski definition) is 4. The molecule has 16 heavy (non-hydrogen) atoms. The highest BCUT2D eigenvalue weighted by atomic mass is 16.5. The first-order valence-electron chi connectivity index (χ1n) is 5.83. The van der Waals surface area contributed by atoms with Crippen LogP contribution in [0.2, 0.25) is 0 Å². The molecular weight excluding hydrogens is 204 g/mol. The van der Waals surface area contributed by atoms with Crippen molar-refractivity contribution < 1.29 is 4.74 Å². The molecular formula is C11H20N4O. The number of hydrogen-bond donors (Lipinski definition) is 1. The van der Waals surface area contributed by atoms with Crippen LogP contribution < -0.4 is 5.32 Å². The van der Waals surface area contributed by atoms with Crippen LogP contribution in [-0.2, 0) is 11.3 Å². The van der Waals surface area contributed by atoms with Crippen LogP contribution in [0.1, 0.15) is 0 Å². The zero-order valence-corrected chi connectivity index (χ0v) is 9.80. The first-order valence-corrected chi connectivity index (χ1v) is 5.83. The highest BCUT2D eigenvalue weighted by Gasteiger charge is 2.14. The van der Waals surface area contributed by atoms with Crippen molar-refractivity contribution in [2.24, 2.45) is 0 Å². The van der Waals surface area contributed by atoms with Gasteiger partial charge in [-0.3, -0.25) is 4.68 Å². The SMILES string of the molecule is CN(CCn1cccn1)CC1CNCCO1. The quantitative estimate of drug-likeness (QED) is 0.752. The molecule has 1 unspecified atom stereocenters. The van der Waals surface area contributed by atoms with Crippen LogP contribution in [-0.4, -0.2) is 60.6 Å². The maximum atomic E-state index is 5.66. The number of rotatable bonds is 5. The average molecular weight is 224 g/mol. The van der Waals surface area contributed by atoms with Gasteiger partial charge in [-0.2, -0.15) is 5.10 Å². The van der Waals surface area contributed by atoms with Crippen LogP contribution in [0.5, 0.6) is 0 Å². The molecule has 0 spiro atoms. The normalized spacial score (nSPS) is 21.5. The zero-order chi connectivity index (χ0) is 11.2. The van der Waals surface area contributed by atoms with Gasteiger partial charge in [0, 0.05) is 38.6 Å². The highest BCUT2D eigenvalue weighted by Crippen LogP contribution is 1.98. The van der Waals surface area contributed by atoms with Gasteiger partial charge in [-0.1, -0.05) is 0 Å². The topological polar surface area (TPSA) is 42.3 Å². The molecule has 5 heteroatoms. The van der Waals surface area contributed by atoms with Gasteiger partial charge in [-0.05, 0) is 13.1 Å². The Morgan fingerprint density at radius 1 is 1.62 bits per heavy atom. The molecule has 0 amide bonds. The molecule has 1 saturated heterocycles. The summed E-state index contributed by atoms with van der Waals surface area (Å²) in [5.74, 6) is 0. The number of aromatic nitrogens is 2. The Balaban J connectivity index is 1.65. The lowest BCUT2D eigenvalue weighted by molar-refractivity contribution is 0.00951. The van der Waals surface area contributed by atoms with Gasteiger partial charge in [0.15, 0.2) is 0 Å². The van der Waals surface area contributed by atoms with Crippen molar-refractivity contribution in [1.82, 2.24) is 20.0 Å². The number of morpholine rings is 1. The summed E-state index contributed by atoms with van der Waals surface area (Å²) < 4.78 is 7.61. The van der Waals surface area contributed by atoms with Crippen molar-refractivity contribution in [3.8, 4) is 0 Å². The minimum atomic E-state index is 0.330. The fourth-order valence-corrected chi connectivity index (χ4v) is 1.88. The number of nitrogens with one attached hydrogen (secondary N) is 1. The summed E-state index contributed by atoms with van der Waals surface area (Å²) >= 11 is 0. The second-order valence-corrected chi connectivity index (χ2v) is 4.23. The maximum absolute atomic E-state index is 5.66. The Hall–Kier alpha value is -0.910. The van der Waals surface area contributed by atoms with Crippen LogP contribution in [0.15, 0.2) is 18.5 Å². The molecule has 5 nitrogen and oxygen atoms in total. The Bertz CT molecular complexity index is 282. The molecule has 1 aliphatic heterocycles. The van der Waals surface area contributed by atoms with Crippen molar-refractivity contribution in [2.75, 3.05) is 39.8 Å². The summed E-state index contributed by atoms with van der Waals surface area (Å²) in [6.07, 6.45) is 4.14. The van der Waals surface area contributed by atoms with Crippen LogP contribution >= 0.6 is 0 Å². The largest absolute Gasteiger partial charge is 0.374 e. The lowest BCUT2D eigenvalue weighted by Gasteiger charge is -2.27. The van der Waals surface area contributed by atoms with E-state index in [1.807, 2.05) is 23.1 Å². The van der Waals surface area contributed by atoms with Gasteiger partial charge in [0.1, 0.15) is 0 Å². The average Bonchev–Trinajstić information content (AvgIpc) is 2.81. The van der Waals surface area contributed by atoms with E-state index in [1.165, 1.54) is 0 Å². The van der Waals surface area contributed by atoms with Crippen molar-refractivity contribution in [2.45, 2.75) is 12.6 Å². The molecule has 1 aromatic rings. The first kappa shape index (κ1) is 11.6. The minimum absolute atomic E-state index is 0.330. The summed E-state index contributed by atoms with van der Waals surface area (Å²) in [6, 6.07) is 1.95. The molecule has 1 aromatic heterocycles. The Kier molecular flexibility index (Phi) is 4.33. The Labute approximate surface area is 96.4 Å². The number of likely N-dealkylation sites (N-methyl/N-ethyl adjacent to an activating group) is 1. The molecule has 1 aliphatic rings. The van der Waals surface area contributed by atoms with Gasteiger partial charge in [0.25, 0.3) is 0 Å². The Morgan fingerprint density at radius 2 is 2.56 bits per heavy atom. The third-order valence-corrected chi connectivity index (χ3v) is 2.79. The minimum Gasteiger partial charge on any atom is -0.374 e. The smallest absolute Gasteiger partial charge is 0.0826 e. The zero-order valence-electron chi connectivity index (χ0n) is 9.80. The standard InChI is InChI=1S/C11H20N4O/c1-14(6-7-15-5-2-3-13-15)10-11-9-12-4-8-16-11/h2-3,5,11-12H,4,6-10H2,1H3. The van der Waals surface area contributed by atoms with Crippen molar-refractivity contribution in [3.05, 3.63) is 18.5 Å². The van der Waals surface area contributed by atoms with E-state index >= 15 is 0 Å². The highest BCUT2D eigenvalue weighted by molar-refractivity contribution is 4.78. The number of nitrogens with zero attached hydrogens (tertiary/aromatic N) is 3. The molecule has 1 N–H and O–H groups in total. The summed E-state index contributed by atoms with van der Waals surface area (Å²) in [5, 5.41) is 7.52. The molecule has 1 fully saturated rings. The molecule has 0 saturated carbocycles. The summed E-state index contributed by atoms with van der Waals surface area (Å²) in [5.41, 5.74) is 0. The third kappa shape index (κ3) is 3.59. The van der Waals surface area contributed by atoms with Crippen LogP contribution in [0.4, 0.5) is 0 Å². The summed E-state index contributed by atoms with van der Waals surface area (Å²) in [6.45, 7) is 5.69. The van der Waals surface area contributed by atoms with E-state index in [9.17, 15) is 0 Å². The van der Waals surface area contributed by atoms with E-state index in [4.69, 9.17) is 4.74 Å². The molecule has 2 rings (SSSR count). The summed E-state index contributed by atoms with van der Waals surface area (Å²) in [4.78, 5) is 2.29. The van der Waals surface area contributed by atoms with Gasteiger partial charge in [0.2, 0.25) is 0 Å². The lowest BCUT2D eigenvalue weighted by Crippen LogP contribution is -2.44. The second-order valence-electron chi connectivity index (χ2n) is 4.23. The summed E-state index contributed by atoms with van der Waals surface area (Å²) in [7, 11) is 2.13. The first-order chi connectivity index (χ1) is 7.84. The van der Waals surface area contributed by atoms with Crippen molar-refractivity contribution in [3.63, 3.8) is 0 Å². The Morgan fingerprint density at radius 3 is 3.25 bits per heavy atom. The van der Waals surface area contributed by atoms with Gasteiger partial charge in [0.05, 0.1) is 19.3 Å². The molecule has 0 aromatic carbocycles. The monoisotopic (exact) mass is 224 g/mol. The second kappa shape index (κ2) is 5.98. The fraction of sp³-hybridized carbons (Fsp3) is 0.727. The predicted octanol–water partition coefficient (Wildman–Crippen LogP) is -0.197. The van der Waals surface area contributed by atoms with Gasteiger partial charge < -0.3 is 15.0 Å². The van der Waals surface area contributed by atoms with E-state index in [2.05, 4.69) is 22.4 Å². The molecule has 1 atom stereocenters. The van der Waals surface area contributed by atoms with Crippen LogP contribution in [0, 0.1) is 0 Å². The molecule has 0 radical (unpaired) electrons. The van der Waals surface area contributed by atoms with E-state index in [0.717, 1.165) is 39.3 Å². The van der Waals surface area contributed by atoms with Crippen molar-refractivity contribution in [1.29, 1.82) is 0 Å². The van der Waals surface area contributed by atoms with E-state index in [1.54, 1.807) is 0 Å². The van der Waals surface area contributed by atoms with E-state index < -0.39 is 0 Å². The molecule has 0 aliphatic carbocycles. The van der Waals surface area contributed by atoms with E-state index in [-0.39, 0.29) is 0 Å². The predicted molar refractivity (Wildman–Crippen MR) is 62.3 cm³/mol. The van der Waals surface area contributed by atoms with Crippen LogP contribution in [0.25, 0.3) is 0 Å². The van der Waals surface area contributed by atoms with Crippen LogP contribution in [0.3, 0.4) is 0 Å². The molecule has 2 heterocycles. The van der Waals surface area contributed by atoms with Gasteiger partial charge in [-0.15, -0.1) is 0 Å².